The van der Waals surface area contributed by atoms with Crippen LogP contribution in [0.1, 0.15) is 0 Å². The summed E-state index contributed by atoms with van der Waals surface area (Å²) < 4.78 is 5.44. The lowest BCUT2D eigenvalue weighted by Crippen LogP contribution is -2.36. The monoisotopic (exact) mass is 467 g/mol. The van der Waals surface area contributed by atoms with Gasteiger partial charge in [-0.1, -0.05) is 11.6 Å². The van der Waals surface area contributed by atoms with Gasteiger partial charge in [-0.05, 0) is 54.8 Å². The zero-order valence-electron chi connectivity index (χ0n) is 17.4. The maximum Gasteiger partial charge on any atom is 0.231 e. The van der Waals surface area contributed by atoms with E-state index in [1.165, 1.54) is 17.4 Å². The van der Waals surface area contributed by atoms with Crippen LogP contribution in [0.3, 0.4) is 0 Å². The smallest absolute Gasteiger partial charge is 0.231 e. The molecular weight excluding hydrogens is 446 g/mol. The number of benzene rings is 2. The lowest BCUT2D eigenvalue weighted by Gasteiger charge is -2.28. The third-order valence-electron chi connectivity index (χ3n) is 5.19. The second-order valence-electron chi connectivity index (χ2n) is 7.26. The number of thioether (sulfide) groups is 1. The van der Waals surface area contributed by atoms with Crippen LogP contribution in [0.4, 0.5) is 28.8 Å². The average Bonchev–Trinajstić information content (AvgIpc) is 3.25. The molecule has 1 fully saturated rings. The van der Waals surface area contributed by atoms with Gasteiger partial charge in [-0.25, -0.2) is 0 Å². The molecular formula is C22H22ClN7OS. The Morgan fingerprint density at radius 1 is 0.969 bits per heavy atom. The molecule has 0 spiro atoms. The van der Waals surface area contributed by atoms with Crippen LogP contribution in [0, 0.1) is 0 Å². The molecule has 164 valence electrons. The largest absolute Gasteiger partial charge is 0.378 e. The summed E-state index contributed by atoms with van der Waals surface area (Å²) in [6.07, 6.45) is 1.98. The van der Waals surface area contributed by atoms with E-state index < -0.39 is 0 Å². The number of ether oxygens (including phenoxy) is 1. The minimum absolute atomic E-state index is 0.476. The van der Waals surface area contributed by atoms with Crippen molar-refractivity contribution < 1.29 is 4.74 Å². The summed E-state index contributed by atoms with van der Waals surface area (Å²) in [6.45, 7) is 3.34. The van der Waals surface area contributed by atoms with E-state index in [1.54, 1.807) is 0 Å². The molecule has 32 heavy (non-hydrogen) atoms. The number of halogens is 1. The first-order valence-corrected chi connectivity index (χ1v) is 11.8. The van der Waals surface area contributed by atoms with Gasteiger partial charge in [0.05, 0.1) is 18.6 Å². The van der Waals surface area contributed by atoms with Crippen molar-refractivity contribution in [2.75, 3.05) is 48.1 Å². The van der Waals surface area contributed by atoms with Crippen molar-refractivity contribution in [3.8, 4) is 0 Å². The van der Waals surface area contributed by atoms with E-state index in [2.05, 4.69) is 42.8 Å². The van der Waals surface area contributed by atoms with E-state index in [0.717, 1.165) is 48.1 Å². The minimum atomic E-state index is 0.476. The third-order valence-corrected chi connectivity index (χ3v) is 6.12. The quantitative estimate of drug-likeness (QED) is 0.339. The lowest BCUT2D eigenvalue weighted by atomic mass is 10.2. The van der Waals surface area contributed by atoms with Crippen LogP contribution in [0.25, 0.3) is 11.0 Å². The Morgan fingerprint density at radius 3 is 2.38 bits per heavy atom. The fraction of sp³-hybridized carbons (Fsp3) is 0.227. The molecule has 1 saturated heterocycles. The lowest BCUT2D eigenvalue weighted by molar-refractivity contribution is 0.122. The Bertz CT molecular complexity index is 1210. The summed E-state index contributed by atoms with van der Waals surface area (Å²) >= 11 is 7.56. The first-order chi connectivity index (χ1) is 15.7. The Morgan fingerprint density at radius 2 is 1.66 bits per heavy atom. The minimum Gasteiger partial charge on any atom is -0.378 e. The van der Waals surface area contributed by atoms with Gasteiger partial charge in [0.2, 0.25) is 5.95 Å². The Labute approximate surface area is 194 Å². The highest BCUT2D eigenvalue weighted by atomic mass is 35.5. The maximum atomic E-state index is 6.03. The highest BCUT2D eigenvalue weighted by molar-refractivity contribution is 7.98. The van der Waals surface area contributed by atoms with Crippen LogP contribution in [-0.2, 0) is 4.74 Å². The summed E-state index contributed by atoms with van der Waals surface area (Å²) in [6, 6.07) is 15.8. The number of aromatic nitrogens is 4. The van der Waals surface area contributed by atoms with Gasteiger partial charge >= 0.3 is 0 Å². The summed E-state index contributed by atoms with van der Waals surface area (Å²) in [5, 5.41) is 16.4. The number of nitrogens with one attached hydrogen (secondary N) is 3. The van der Waals surface area contributed by atoms with Gasteiger partial charge in [0.1, 0.15) is 10.8 Å². The first kappa shape index (κ1) is 20.9. The highest BCUT2D eigenvalue weighted by Crippen LogP contribution is 2.32. The highest BCUT2D eigenvalue weighted by Gasteiger charge is 2.16. The predicted octanol–water partition coefficient (Wildman–Crippen LogP) is 5.05. The molecule has 5 rings (SSSR count). The summed E-state index contributed by atoms with van der Waals surface area (Å²) in [4.78, 5) is 11.7. The molecule has 0 radical (unpaired) electrons. The van der Waals surface area contributed by atoms with Gasteiger partial charge < -0.3 is 20.3 Å². The van der Waals surface area contributed by atoms with Gasteiger partial charge in [-0.3, -0.25) is 5.10 Å². The zero-order chi connectivity index (χ0) is 21.9. The van der Waals surface area contributed by atoms with Crippen molar-refractivity contribution in [1.82, 2.24) is 20.2 Å². The third kappa shape index (κ3) is 4.45. The number of fused-ring (bicyclic) bond motifs is 1. The second-order valence-corrected chi connectivity index (χ2v) is 8.49. The van der Waals surface area contributed by atoms with Crippen LogP contribution in [0.5, 0.6) is 0 Å². The van der Waals surface area contributed by atoms with E-state index in [0.29, 0.717) is 22.4 Å². The molecule has 10 heteroatoms. The molecule has 0 aliphatic carbocycles. The normalized spacial score (nSPS) is 14.0. The molecule has 0 bridgehead atoms. The zero-order valence-corrected chi connectivity index (χ0v) is 19.0. The topological polar surface area (TPSA) is 91.0 Å². The van der Waals surface area contributed by atoms with E-state index in [-0.39, 0.29) is 0 Å². The van der Waals surface area contributed by atoms with Crippen LogP contribution in [0.15, 0.2) is 53.6 Å². The molecule has 0 amide bonds. The number of aromatic amines is 1. The number of hydrogen-bond donors (Lipinski definition) is 3. The van der Waals surface area contributed by atoms with E-state index in [9.17, 15) is 0 Å². The predicted molar refractivity (Wildman–Crippen MR) is 131 cm³/mol. The molecule has 0 atom stereocenters. The first-order valence-electron chi connectivity index (χ1n) is 10.2. The fourth-order valence-corrected chi connectivity index (χ4v) is 4.23. The Kier molecular flexibility index (Phi) is 6.02. The average molecular weight is 468 g/mol. The molecule has 2 aromatic carbocycles. The molecule has 8 nitrogen and oxygen atoms in total. The number of morpholine rings is 1. The van der Waals surface area contributed by atoms with Crippen molar-refractivity contribution >= 4 is 63.2 Å². The molecule has 4 aromatic rings. The molecule has 2 aromatic heterocycles. The van der Waals surface area contributed by atoms with Gasteiger partial charge in [-0.15, -0.1) is 11.8 Å². The maximum absolute atomic E-state index is 6.03. The van der Waals surface area contributed by atoms with Crippen molar-refractivity contribution in [2.45, 2.75) is 5.03 Å². The van der Waals surface area contributed by atoms with E-state index in [4.69, 9.17) is 21.3 Å². The molecule has 3 N–H and O–H groups in total. The van der Waals surface area contributed by atoms with Crippen molar-refractivity contribution in [2.24, 2.45) is 0 Å². The van der Waals surface area contributed by atoms with Crippen molar-refractivity contribution in [1.29, 1.82) is 0 Å². The molecule has 1 aliphatic rings. The van der Waals surface area contributed by atoms with Gasteiger partial charge in [0.25, 0.3) is 0 Å². The summed E-state index contributed by atoms with van der Waals surface area (Å²) in [5.74, 6) is 1.15. The van der Waals surface area contributed by atoms with E-state index in [1.807, 2.05) is 42.7 Å². The van der Waals surface area contributed by atoms with Crippen LogP contribution in [0.2, 0.25) is 5.02 Å². The number of hydrogen-bond acceptors (Lipinski definition) is 8. The molecule has 0 unspecified atom stereocenters. The summed E-state index contributed by atoms with van der Waals surface area (Å²) in [7, 11) is 0. The van der Waals surface area contributed by atoms with Gasteiger partial charge in [-0.2, -0.15) is 15.1 Å². The second kappa shape index (κ2) is 9.23. The number of H-pyrrole nitrogens is 1. The van der Waals surface area contributed by atoms with E-state index >= 15 is 0 Å². The molecule has 0 saturated carbocycles. The van der Waals surface area contributed by atoms with Gasteiger partial charge in [0, 0.05) is 35.2 Å². The molecule has 1 aliphatic heterocycles. The van der Waals surface area contributed by atoms with Crippen LogP contribution >= 0.6 is 23.4 Å². The van der Waals surface area contributed by atoms with Crippen molar-refractivity contribution in [3.05, 3.63) is 53.6 Å². The Hall–Kier alpha value is -3.01. The number of anilines is 5. The number of nitrogens with zero attached hydrogens (tertiary/aromatic N) is 4. The van der Waals surface area contributed by atoms with Crippen LogP contribution < -0.4 is 15.5 Å². The fourth-order valence-electron chi connectivity index (χ4n) is 3.57. The van der Waals surface area contributed by atoms with Crippen molar-refractivity contribution in [3.63, 3.8) is 0 Å². The van der Waals surface area contributed by atoms with Gasteiger partial charge in [0.15, 0.2) is 5.65 Å². The standard InChI is InChI=1S/C22H22ClN7OS/c1-32-21-18-19(24-15-4-2-14(23)3-5-15)26-22(27-20(18)28-29-21)25-16-6-8-17(9-7-16)30-10-12-31-13-11-30/h2-9H,10-13H2,1H3,(H3,24,25,26,27,28,29). The van der Waals surface area contributed by atoms with Crippen LogP contribution in [-0.4, -0.2) is 52.7 Å². The SMILES string of the molecule is CSc1n[nH]c2nc(Nc3ccc(N4CCOCC4)cc3)nc(Nc3ccc(Cl)cc3)c12. The Balaban J connectivity index is 1.43. The summed E-state index contributed by atoms with van der Waals surface area (Å²) in [5.41, 5.74) is 3.62. The number of rotatable bonds is 6. The molecule has 3 heterocycles.